The Kier molecular flexibility index (Phi) is 8.84. The standard InChI is InChI=1S/C35H37N5O4/c36-16-4-2-1-3-5-28-17-25-10-12-29(18-27(25)20-37-28)38-34(42)24-8-6-23(7-9-24)21-40(30-13-14-30)35(43)26-11-15-31-32(19-26)44-22-33(41)39-31/h6-12,15,17-20,30H,1-5,13-14,16,21-22,36H2,(H,38,42)(H,39,41). The molecule has 9 nitrogen and oxygen atoms in total. The number of carbonyl (C=O) groups excluding carboxylic acids is 3. The number of nitrogens with one attached hydrogen (secondary N) is 2. The van der Waals surface area contributed by atoms with Crippen LogP contribution in [-0.2, 0) is 17.8 Å². The van der Waals surface area contributed by atoms with Gasteiger partial charge in [0, 0.05) is 46.7 Å². The van der Waals surface area contributed by atoms with Crippen molar-refractivity contribution in [1.82, 2.24) is 9.88 Å². The second kappa shape index (κ2) is 13.3. The Morgan fingerprint density at radius 2 is 1.73 bits per heavy atom. The third kappa shape index (κ3) is 7.06. The van der Waals surface area contributed by atoms with Crippen LogP contribution in [0.1, 0.15) is 70.5 Å². The van der Waals surface area contributed by atoms with E-state index >= 15 is 0 Å². The second-order valence-corrected chi connectivity index (χ2v) is 11.6. The van der Waals surface area contributed by atoms with Crippen molar-refractivity contribution in [3.05, 3.63) is 95.3 Å². The number of rotatable bonds is 12. The molecule has 4 aromatic rings. The molecule has 0 saturated heterocycles. The SMILES string of the molecule is NCCCCCCc1cc2ccc(NC(=O)c3ccc(CN(C(=O)c4ccc5c(c4)OCC(=O)N5)C4CC4)cc3)cc2cn1. The minimum absolute atomic E-state index is 0.0631. The number of amides is 3. The molecule has 1 aromatic heterocycles. The van der Waals surface area contributed by atoms with Gasteiger partial charge in [0.2, 0.25) is 0 Å². The predicted molar refractivity (Wildman–Crippen MR) is 171 cm³/mol. The van der Waals surface area contributed by atoms with Crippen LogP contribution < -0.4 is 21.1 Å². The van der Waals surface area contributed by atoms with E-state index in [4.69, 9.17) is 10.5 Å². The Morgan fingerprint density at radius 1 is 0.932 bits per heavy atom. The number of hydrogen-bond donors (Lipinski definition) is 3. The molecule has 6 rings (SSSR count). The maximum Gasteiger partial charge on any atom is 0.262 e. The van der Waals surface area contributed by atoms with Crippen LogP contribution in [-0.4, -0.2) is 46.8 Å². The molecule has 0 radical (unpaired) electrons. The number of anilines is 2. The van der Waals surface area contributed by atoms with Crippen molar-refractivity contribution in [1.29, 1.82) is 0 Å². The van der Waals surface area contributed by atoms with Gasteiger partial charge in [-0.1, -0.05) is 31.0 Å². The number of nitrogens with zero attached hydrogens (tertiary/aromatic N) is 2. The highest BCUT2D eigenvalue weighted by Gasteiger charge is 2.33. The van der Waals surface area contributed by atoms with Crippen LogP contribution in [0.3, 0.4) is 0 Å². The van der Waals surface area contributed by atoms with Crippen molar-refractivity contribution in [2.45, 2.75) is 57.5 Å². The molecule has 226 valence electrons. The molecule has 4 N–H and O–H groups in total. The Hall–Kier alpha value is -4.76. The molecule has 1 fully saturated rings. The fourth-order valence-electron chi connectivity index (χ4n) is 5.49. The van der Waals surface area contributed by atoms with Crippen molar-refractivity contribution in [2.75, 3.05) is 23.8 Å². The minimum atomic E-state index is -0.211. The number of benzene rings is 3. The molecular formula is C35H37N5O4. The monoisotopic (exact) mass is 591 g/mol. The summed E-state index contributed by atoms with van der Waals surface area (Å²) in [5, 5.41) is 7.83. The summed E-state index contributed by atoms with van der Waals surface area (Å²) in [5.41, 5.74) is 9.93. The van der Waals surface area contributed by atoms with E-state index in [0.29, 0.717) is 34.8 Å². The van der Waals surface area contributed by atoms with Crippen LogP contribution in [0, 0.1) is 0 Å². The van der Waals surface area contributed by atoms with Crippen molar-refractivity contribution in [2.24, 2.45) is 5.73 Å². The van der Waals surface area contributed by atoms with Gasteiger partial charge in [-0.2, -0.15) is 0 Å². The number of ether oxygens (including phenoxy) is 1. The summed E-state index contributed by atoms with van der Waals surface area (Å²) in [6.07, 6.45) is 9.23. The predicted octanol–water partition coefficient (Wildman–Crippen LogP) is 5.68. The lowest BCUT2D eigenvalue weighted by Gasteiger charge is -2.24. The number of unbranched alkanes of at least 4 members (excludes halogenated alkanes) is 3. The summed E-state index contributed by atoms with van der Waals surface area (Å²) in [5.74, 6) is 0.00304. The van der Waals surface area contributed by atoms with Crippen LogP contribution in [0.15, 0.2) is 72.9 Å². The zero-order chi connectivity index (χ0) is 30.5. The van der Waals surface area contributed by atoms with E-state index in [0.717, 1.165) is 73.5 Å². The number of fused-ring (bicyclic) bond motifs is 2. The van der Waals surface area contributed by atoms with Gasteiger partial charge in [0.05, 0.1) is 5.69 Å². The molecule has 0 bridgehead atoms. The average Bonchev–Trinajstić information content (AvgIpc) is 3.89. The van der Waals surface area contributed by atoms with E-state index in [9.17, 15) is 14.4 Å². The summed E-state index contributed by atoms with van der Waals surface area (Å²) >= 11 is 0. The first-order chi connectivity index (χ1) is 21.5. The molecule has 9 heteroatoms. The van der Waals surface area contributed by atoms with E-state index in [1.807, 2.05) is 41.4 Å². The van der Waals surface area contributed by atoms with Crippen molar-refractivity contribution >= 4 is 39.9 Å². The quantitative estimate of drug-likeness (QED) is 0.182. The van der Waals surface area contributed by atoms with Gasteiger partial charge in [-0.25, -0.2) is 0 Å². The van der Waals surface area contributed by atoms with Gasteiger partial charge in [-0.15, -0.1) is 0 Å². The number of aryl methyl sites for hydroxylation is 1. The molecule has 3 aromatic carbocycles. The van der Waals surface area contributed by atoms with Crippen molar-refractivity contribution in [3.8, 4) is 5.75 Å². The maximum atomic E-state index is 13.5. The molecule has 2 heterocycles. The van der Waals surface area contributed by atoms with E-state index in [1.54, 1.807) is 30.3 Å². The highest BCUT2D eigenvalue weighted by atomic mass is 16.5. The molecule has 3 amide bonds. The topological polar surface area (TPSA) is 127 Å². The molecule has 0 atom stereocenters. The molecule has 1 saturated carbocycles. The van der Waals surface area contributed by atoms with Gasteiger partial charge in [0.15, 0.2) is 6.61 Å². The Labute approximate surface area is 256 Å². The third-order valence-corrected chi connectivity index (χ3v) is 8.10. The fraction of sp³-hybridized carbons (Fsp3) is 0.314. The van der Waals surface area contributed by atoms with Gasteiger partial charge in [0.25, 0.3) is 17.7 Å². The summed E-state index contributed by atoms with van der Waals surface area (Å²) in [6, 6.07) is 20.7. The van der Waals surface area contributed by atoms with Crippen LogP contribution >= 0.6 is 0 Å². The van der Waals surface area contributed by atoms with E-state index in [1.165, 1.54) is 0 Å². The maximum absolute atomic E-state index is 13.5. The summed E-state index contributed by atoms with van der Waals surface area (Å²) in [4.78, 5) is 44.6. The van der Waals surface area contributed by atoms with Crippen LogP contribution in [0.4, 0.5) is 11.4 Å². The van der Waals surface area contributed by atoms with Crippen molar-refractivity contribution < 1.29 is 19.1 Å². The zero-order valence-electron chi connectivity index (χ0n) is 24.7. The second-order valence-electron chi connectivity index (χ2n) is 11.6. The number of hydrogen-bond acceptors (Lipinski definition) is 6. The van der Waals surface area contributed by atoms with Crippen LogP contribution in [0.2, 0.25) is 0 Å². The first kappa shape index (κ1) is 29.3. The smallest absolute Gasteiger partial charge is 0.262 e. The van der Waals surface area contributed by atoms with Crippen LogP contribution in [0.25, 0.3) is 10.8 Å². The lowest BCUT2D eigenvalue weighted by atomic mass is 10.1. The Bertz CT molecular complexity index is 1680. The number of aromatic nitrogens is 1. The first-order valence-electron chi connectivity index (χ1n) is 15.3. The fourth-order valence-corrected chi connectivity index (χ4v) is 5.49. The zero-order valence-corrected chi connectivity index (χ0v) is 24.7. The number of carbonyl (C=O) groups is 3. The van der Waals surface area contributed by atoms with Gasteiger partial charge < -0.3 is 26.0 Å². The largest absolute Gasteiger partial charge is 0.482 e. The summed E-state index contributed by atoms with van der Waals surface area (Å²) < 4.78 is 5.50. The third-order valence-electron chi connectivity index (χ3n) is 8.10. The molecule has 0 unspecified atom stereocenters. The molecule has 0 spiro atoms. The van der Waals surface area contributed by atoms with E-state index < -0.39 is 0 Å². The van der Waals surface area contributed by atoms with E-state index in [2.05, 4.69) is 21.7 Å². The highest BCUT2D eigenvalue weighted by Crippen LogP contribution is 2.33. The number of nitrogens with two attached hydrogens (primary N) is 1. The molecule has 44 heavy (non-hydrogen) atoms. The summed E-state index contributed by atoms with van der Waals surface area (Å²) in [7, 11) is 0. The molecule has 1 aliphatic heterocycles. The average molecular weight is 592 g/mol. The molecule has 2 aliphatic rings. The van der Waals surface area contributed by atoms with Crippen LogP contribution in [0.5, 0.6) is 5.75 Å². The number of pyridine rings is 1. The van der Waals surface area contributed by atoms with Gasteiger partial charge >= 0.3 is 0 Å². The molecule has 1 aliphatic carbocycles. The van der Waals surface area contributed by atoms with E-state index in [-0.39, 0.29) is 30.4 Å². The highest BCUT2D eigenvalue weighted by molar-refractivity contribution is 6.05. The molecular weight excluding hydrogens is 554 g/mol. The Morgan fingerprint density at radius 3 is 2.52 bits per heavy atom. The van der Waals surface area contributed by atoms with Gasteiger partial charge in [-0.3, -0.25) is 19.4 Å². The normalized spacial score (nSPS) is 14.0. The van der Waals surface area contributed by atoms with Gasteiger partial charge in [0.1, 0.15) is 5.75 Å². The summed E-state index contributed by atoms with van der Waals surface area (Å²) in [6.45, 7) is 1.12. The van der Waals surface area contributed by atoms with Crippen molar-refractivity contribution in [3.63, 3.8) is 0 Å². The minimum Gasteiger partial charge on any atom is -0.482 e. The first-order valence-corrected chi connectivity index (χ1v) is 15.3. The lowest BCUT2D eigenvalue weighted by molar-refractivity contribution is -0.118. The van der Waals surface area contributed by atoms with Gasteiger partial charge in [-0.05, 0) is 98.1 Å². The Balaban J connectivity index is 1.07. The lowest BCUT2D eigenvalue weighted by Crippen LogP contribution is -2.33.